The van der Waals surface area contributed by atoms with Crippen molar-refractivity contribution in [2.75, 3.05) is 39.5 Å². The van der Waals surface area contributed by atoms with Gasteiger partial charge in [-0.15, -0.1) is 0 Å². The summed E-state index contributed by atoms with van der Waals surface area (Å²) >= 11 is 0. The zero-order valence-electron chi connectivity index (χ0n) is 15.1. The molecule has 6 heteroatoms. The van der Waals surface area contributed by atoms with Crippen LogP contribution in [0.25, 0.3) is 0 Å². The molecule has 2 heterocycles. The van der Waals surface area contributed by atoms with Crippen molar-refractivity contribution in [2.24, 2.45) is 12.8 Å². The van der Waals surface area contributed by atoms with Gasteiger partial charge in [-0.2, -0.15) is 4.58 Å². The summed E-state index contributed by atoms with van der Waals surface area (Å²) in [6.45, 7) is 7.30. The van der Waals surface area contributed by atoms with Gasteiger partial charge in [0, 0.05) is 19.3 Å². The lowest BCUT2D eigenvalue weighted by molar-refractivity contribution is -0.558. The lowest BCUT2D eigenvalue weighted by atomic mass is 10.3. The van der Waals surface area contributed by atoms with E-state index in [9.17, 15) is 4.79 Å². The van der Waals surface area contributed by atoms with Crippen LogP contribution in [0.5, 0.6) is 0 Å². The quantitative estimate of drug-likeness (QED) is 0.483. The second-order valence-electron chi connectivity index (χ2n) is 5.74. The molecule has 2 rings (SSSR count). The van der Waals surface area contributed by atoms with Crippen LogP contribution in [0.4, 0.5) is 0 Å². The molecule has 1 fully saturated rings. The van der Waals surface area contributed by atoms with Gasteiger partial charge in [-0.1, -0.05) is 13.0 Å². The molecule has 1 aromatic heterocycles. The van der Waals surface area contributed by atoms with E-state index in [4.69, 9.17) is 15.2 Å². The number of hydrogen-bond acceptors (Lipinski definition) is 4. The van der Waals surface area contributed by atoms with E-state index < -0.39 is 0 Å². The SMILES string of the molecule is CCCC(OCCCCN)=[N+]1CCOCC1.Cn1ccccc1=O. The van der Waals surface area contributed by atoms with Crippen molar-refractivity contribution in [1.29, 1.82) is 0 Å². The van der Waals surface area contributed by atoms with Crippen molar-refractivity contribution in [3.8, 4) is 0 Å². The van der Waals surface area contributed by atoms with Gasteiger partial charge in [0.1, 0.15) is 13.2 Å². The number of nitrogens with zero attached hydrogens (tertiary/aromatic N) is 2. The highest BCUT2D eigenvalue weighted by Gasteiger charge is 2.18. The largest absolute Gasteiger partial charge is 0.448 e. The van der Waals surface area contributed by atoms with Gasteiger partial charge in [0.2, 0.25) is 5.56 Å². The number of pyridine rings is 1. The van der Waals surface area contributed by atoms with Crippen LogP contribution in [0.15, 0.2) is 29.2 Å². The number of hydrogen-bond donors (Lipinski definition) is 1. The first kappa shape index (κ1) is 20.4. The summed E-state index contributed by atoms with van der Waals surface area (Å²) < 4.78 is 15.0. The van der Waals surface area contributed by atoms with Crippen LogP contribution in [0.2, 0.25) is 0 Å². The third-order valence-electron chi connectivity index (χ3n) is 3.70. The number of aryl methyl sites for hydroxylation is 1. The van der Waals surface area contributed by atoms with Gasteiger partial charge in [0.25, 0.3) is 0 Å². The Hall–Kier alpha value is -1.66. The minimum absolute atomic E-state index is 0.0347. The molecule has 0 aromatic carbocycles. The normalized spacial score (nSPS) is 13.9. The molecule has 0 atom stereocenters. The summed E-state index contributed by atoms with van der Waals surface area (Å²) in [7, 11) is 1.72. The smallest absolute Gasteiger partial charge is 0.336 e. The number of morpholine rings is 1. The Balaban J connectivity index is 0.000000300. The van der Waals surface area contributed by atoms with Crippen LogP contribution >= 0.6 is 0 Å². The minimum atomic E-state index is 0.0347. The predicted molar refractivity (Wildman–Crippen MR) is 96.7 cm³/mol. The molecule has 1 aliphatic rings. The summed E-state index contributed by atoms with van der Waals surface area (Å²) in [5, 5.41) is 0. The Morgan fingerprint density at radius 3 is 2.62 bits per heavy atom. The Bertz CT molecular complexity index is 532. The van der Waals surface area contributed by atoms with Crippen LogP contribution in [0.1, 0.15) is 32.6 Å². The number of nitrogens with two attached hydrogens (primary N) is 1. The van der Waals surface area contributed by atoms with Crippen molar-refractivity contribution in [3.05, 3.63) is 34.7 Å². The van der Waals surface area contributed by atoms with E-state index in [0.717, 1.165) is 71.0 Å². The Kier molecular flexibility index (Phi) is 10.8. The van der Waals surface area contributed by atoms with E-state index in [1.165, 1.54) is 10.6 Å². The van der Waals surface area contributed by atoms with Crippen molar-refractivity contribution in [3.63, 3.8) is 0 Å². The summed E-state index contributed by atoms with van der Waals surface area (Å²) in [5.74, 6) is 1.14. The maximum atomic E-state index is 10.6. The number of unbranched alkanes of at least 4 members (excludes halogenated alkanes) is 1. The minimum Gasteiger partial charge on any atom is -0.448 e. The highest BCUT2D eigenvalue weighted by molar-refractivity contribution is 5.70. The Morgan fingerprint density at radius 1 is 1.33 bits per heavy atom. The second kappa shape index (κ2) is 12.7. The topological polar surface area (TPSA) is 69.5 Å². The number of aromatic nitrogens is 1. The fourth-order valence-electron chi connectivity index (χ4n) is 2.29. The fourth-order valence-corrected chi connectivity index (χ4v) is 2.29. The van der Waals surface area contributed by atoms with Gasteiger partial charge in [-0.3, -0.25) is 4.79 Å². The molecule has 136 valence electrons. The van der Waals surface area contributed by atoms with Crippen molar-refractivity contribution in [1.82, 2.24) is 4.57 Å². The molecule has 0 bridgehead atoms. The monoisotopic (exact) mass is 338 g/mol. The molecule has 0 amide bonds. The van der Waals surface area contributed by atoms with E-state index in [2.05, 4.69) is 11.5 Å². The maximum absolute atomic E-state index is 10.6. The lowest BCUT2D eigenvalue weighted by Crippen LogP contribution is -2.34. The van der Waals surface area contributed by atoms with E-state index in [1.54, 1.807) is 19.3 Å². The van der Waals surface area contributed by atoms with E-state index in [-0.39, 0.29) is 5.56 Å². The van der Waals surface area contributed by atoms with Gasteiger partial charge in [-0.05, 0) is 31.9 Å². The van der Waals surface area contributed by atoms with Gasteiger partial charge in [0.15, 0.2) is 13.1 Å². The van der Waals surface area contributed by atoms with E-state index in [1.807, 2.05) is 6.07 Å². The molecule has 6 nitrogen and oxygen atoms in total. The van der Waals surface area contributed by atoms with Gasteiger partial charge >= 0.3 is 5.90 Å². The molecule has 0 saturated carbocycles. The molecule has 1 aromatic rings. The highest BCUT2D eigenvalue weighted by Crippen LogP contribution is 2.00. The zero-order valence-corrected chi connectivity index (χ0v) is 15.1. The molecule has 0 spiro atoms. The summed E-state index contributed by atoms with van der Waals surface area (Å²) in [5.41, 5.74) is 5.49. The third kappa shape index (κ3) is 8.26. The van der Waals surface area contributed by atoms with Crippen LogP contribution in [0, 0.1) is 0 Å². The zero-order chi connectivity index (χ0) is 17.6. The van der Waals surface area contributed by atoms with Gasteiger partial charge in [0.05, 0.1) is 13.0 Å². The molecule has 24 heavy (non-hydrogen) atoms. The van der Waals surface area contributed by atoms with Crippen LogP contribution in [0.3, 0.4) is 0 Å². The van der Waals surface area contributed by atoms with Crippen LogP contribution in [-0.4, -0.2) is 54.5 Å². The lowest BCUT2D eigenvalue weighted by Gasteiger charge is -2.15. The highest BCUT2D eigenvalue weighted by atomic mass is 16.5. The predicted octanol–water partition coefficient (Wildman–Crippen LogP) is 1.37. The first-order chi connectivity index (χ1) is 11.7. The van der Waals surface area contributed by atoms with Crippen molar-refractivity contribution in [2.45, 2.75) is 32.6 Å². The molecule has 0 aliphatic carbocycles. The van der Waals surface area contributed by atoms with E-state index in [0.29, 0.717) is 0 Å². The average molecular weight is 338 g/mol. The molecular weight excluding hydrogens is 306 g/mol. The molecule has 1 aliphatic heterocycles. The fraction of sp³-hybridized carbons (Fsp3) is 0.667. The number of rotatable bonds is 6. The molecule has 0 radical (unpaired) electrons. The first-order valence-electron chi connectivity index (χ1n) is 8.82. The van der Waals surface area contributed by atoms with Gasteiger partial charge < -0.3 is 19.8 Å². The Morgan fingerprint density at radius 2 is 2.08 bits per heavy atom. The first-order valence-corrected chi connectivity index (χ1v) is 8.82. The third-order valence-corrected chi connectivity index (χ3v) is 3.70. The summed E-state index contributed by atoms with van der Waals surface area (Å²) in [6.07, 6.45) is 5.98. The molecule has 1 saturated heterocycles. The van der Waals surface area contributed by atoms with Gasteiger partial charge in [-0.25, -0.2) is 0 Å². The van der Waals surface area contributed by atoms with Crippen molar-refractivity contribution < 1.29 is 14.0 Å². The summed E-state index contributed by atoms with van der Waals surface area (Å²) in [4.78, 5) is 10.6. The second-order valence-corrected chi connectivity index (χ2v) is 5.74. The maximum Gasteiger partial charge on any atom is 0.336 e. The Labute approximate surface area is 144 Å². The number of ether oxygens (including phenoxy) is 2. The van der Waals surface area contributed by atoms with Crippen LogP contribution in [-0.2, 0) is 16.5 Å². The molecule has 2 N–H and O–H groups in total. The summed E-state index contributed by atoms with van der Waals surface area (Å²) in [6, 6.07) is 5.07. The molecule has 0 unspecified atom stereocenters. The van der Waals surface area contributed by atoms with Crippen molar-refractivity contribution >= 4 is 5.90 Å². The van der Waals surface area contributed by atoms with Crippen LogP contribution < -0.4 is 11.3 Å². The standard InChI is InChI=1S/C12H25N2O2.C6H7NO/c1-2-5-12(16-9-4-3-6-13)14-7-10-15-11-8-14;1-7-5-3-2-4-6(7)8/h2-11,13H2,1H3;2-5H,1H3/q+1;. The van der Waals surface area contributed by atoms with E-state index >= 15 is 0 Å². The average Bonchev–Trinajstić information content (AvgIpc) is 2.62. The molecular formula is C18H32N3O3+.